The molecule has 1 unspecified atom stereocenters. The van der Waals surface area contributed by atoms with Crippen molar-refractivity contribution < 1.29 is 186 Å². The average Bonchev–Trinajstić information content (AvgIpc) is 2.42. The molecule has 0 amide bonds. The fourth-order valence-electron chi connectivity index (χ4n) is 2.44. The largest absolute Gasteiger partial charge is 1.00 e. The number of hydrogen-bond acceptors (Lipinski definition) is 3. The molecule has 142 valence electrons. The molecule has 11 heteroatoms. The number of rotatable bonds is 9. The van der Waals surface area contributed by atoms with Crippen LogP contribution < -0.4 is 154 Å². The van der Waals surface area contributed by atoms with Crippen LogP contribution in [-0.2, 0) is 21.1 Å². The van der Waals surface area contributed by atoms with Crippen LogP contribution in [-0.4, -0.2) is 27.7 Å². The third-order valence-corrected chi connectivity index (χ3v) is 7.31. The second-order valence-corrected chi connectivity index (χ2v) is 9.78. The van der Waals surface area contributed by atoms with Crippen molar-refractivity contribution >= 4 is 17.7 Å². The van der Waals surface area contributed by atoms with Gasteiger partial charge < -0.3 is 14.1 Å². The zero-order chi connectivity index (χ0) is 18.4. The Bertz CT molecular complexity index is 747. The van der Waals surface area contributed by atoms with E-state index < -0.39 is 22.7 Å². The quantitative estimate of drug-likeness (QED) is 0.104. The summed E-state index contributed by atoms with van der Waals surface area (Å²) in [7, 11) is -9.63. The first kappa shape index (κ1) is 35.5. The molecule has 0 aromatic heterocycles. The van der Waals surface area contributed by atoms with Crippen LogP contribution in [0.1, 0.15) is 48.0 Å². The Kier molecular flexibility index (Phi) is 22.9. The van der Waals surface area contributed by atoms with Gasteiger partial charge in [0.05, 0.1) is 0 Å². The van der Waals surface area contributed by atoms with E-state index in [0.29, 0.717) is 6.42 Å². The minimum atomic E-state index is -4.88. The van der Waals surface area contributed by atoms with E-state index in [4.69, 9.17) is 14.3 Å². The van der Waals surface area contributed by atoms with Gasteiger partial charge in [-0.05, 0) is 51.5 Å². The van der Waals surface area contributed by atoms with Crippen molar-refractivity contribution in [1.29, 1.82) is 0 Å². The van der Waals surface area contributed by atoms with Crippen molar-refractivity contribution in [2.75, 3.05) is 0 Å². The Balaban J connectivity index is -0.000000240. The van der Waals surface area contributed by atoms with Gasteiger partial charge in [-0.1, -0.05) is 41.5 Å². The number of hydrogen-bond donors (Lipinski definition) is 3. The van der Waals surface area contributed by atoms with E-state index >= 15 is 0 Å². The SMILES string of the molecule is C/C(=C\CCCC(P(=O)(O)O)S(=O)(=O)O)CCc1cccc(C)c1.[H-].[H-].[H-].[K+].[K+].[K+]. The summed E-state index contributed by atoms with van der Waals surface area (Å²) in [6.07, 6.45) is 4.22. The summed E-state index contributed by atoms with van der Waals surface area (Å²) < 4.78 is 42.1. The van der Waals surface area contributed by atoms with Crippen molar-refractivity contribution in [1.82, 2.24) is 0 Å². The Morgan fingerprint density at radius 2 is 1.85 bits per heavy atom. The maximum Gasteiger partial charge on any atom is 1.00 e. The molecule has 0 fully saturated rings. The summed E-state index contributed by atoms with van der Waals surface area (Å²) in [4.78, 5) is 16.0. The van der Waals surface area contributed by atoms with Gasteiger partial charge in [-0.15, -0.1) is 0 Å². The topological polar surface area (TPSA) is 112 Å². The fraction of sp³-hybridized carbons (Fsp3) is 0.500. The molecule has 6 nitrogen and oxygen atoms in total. The van der Waals surface area contributed by atoms with Crippen LogP contribution in [0.25, 0.3) is 0 Å². The number of aryl methyl sites for hydroxylation is 2. The van der Waals surface area contributed by atoms with Crippen LogP contribution in [0.4, 0.5) is 0 Å². The van der Waals surface area contributed by atoms with Crippen LogP contribution in [0, 0.1) is 6.92 Å². The summed E-state index contributed by atoms with van der Waals surface area (Å²) in [5.74, 6) is 0. The molecule has 0 radical (unpaired) electrons. The van der Waals surface area contributed by atoms with E-state index in [0.717, 1.165) is 18.4 Å². The smallest absolute Gasteiger partial charge is 1.00 e. The predicted molar refractivity (Wildman–Crippen MR) is 97.8 cm³/mol. The van der Waals surface area contributed by atoms with Crippen LogP contribution in [0.15, 0.2) is 35.9 Å². The van der Waals surface area contributed by atoms with Gasteiger partial charge in [0, 0.05) is 0 Å². The van der Waals surface area contributed by atoms with E-state index in [1.807, 2.05) is 32.1 Å². The summed E-state index contributed by atoms with van der Waals surface area (Å²) in [5.41, 5.74) is 3.59. The molecule has 0 aliphatic heterocycles. The fourth-order valence-corrected chi connectivity index (χ4v) is 4.81. The van der Waals surface area contributed by atoms with Crippen molar-refractivity contribution in [3.8, 4) is 0 Å². The summed E-state index contributed by atoms with van der Waals surface area (Å²) in [6.45, 7) is 4.01. The van der Waals surface area contributed by atoms with E-state index in [1.54, 1.807) is 0 Å². The molecule has 0 spiro atoms. The van der Waals surface area contributed by atoms with E-state index in [9.17, 15) is 13.0 Å². The summed E-state index contributed by atoms with van der Waals surface area (Å²) >= 11 is 0. The molecule has 0 saturated heterocycles. The van der Waals surface area contributed by atoms with E-state index in [1.165, 1.54) is 11.1 Å². The second-order valence-electron chi connectivity index (χ2n) is 6.03. The molecule has 1 aromatic carbocycles. The molecule has 27 heavy (non-hydrogen) atoms. The van der Waals surface area contributed by atoms with Crippen molar-refractivity contribution in [2.45, 2.75) is 50.9 Å². The third kappa shape index (κ3) is 16.2. The molecule has 1 atom stereocenters. The van der Waals surface area contributed by atoms with Gasteiger partial charge >= 0.3 is 162 Å². The molecule has 0 aliphatic rings. The standard InChI is InChI=1S/C16H25O6PS.3K.3H/c1-13(10-11-15-8-5-7-14(2)12-15)6-3-4-9-16(23(17,18)19)24(20,21)22;;;;;;/h5-8,12,16H,3-4,9-11H2,1-2H3,(H2,17,18,19)(H,20,21,22);;;;;;/q;3*+1;3*-1/b13-6+;;;;;;. The van der Waals surface area contributed by atoms with E-state index in [2.05, 4.69) is 12.1 Å². The first-order valence-electron chi connectivity index (χ1n) is 7.73. The van der Waals surface area contributed by atoms with Gasteiger partial charge in [0.25, 0.3) is 10.1 Å². The van der Waals surface area contributed by atoms with Crippen LogP contribution in [0.2, 0.25) is 0 Å². The molecule has 0 bridgehead atoms. The third-order valence-electron chi connectivity index (χ3n) is 3.76. The normalized spacial score (nSPS) is 13.0. The van der Waals surface area contributed by atoms with Gasteiger partial charge in [-0.2, -0.15) is 8.42 Å². The summed E-state index contributed by atoms with van der Waals surface area (Å²) in [6, 6.07) is 8.25. The van der Waals surface area contributed by atoms with Gasteiger partial charge in [0.2, 0.25) is 0 Å². The van der Waals surface area contributed by atoms with Crippen molar-refractivity contribution in [2.24, 2.45) is 0 Å². The summed E-state index contributed by atoms with van der Waals surface area (Å²) in [5, 5.41) is 0. The molecule has 1 aromatic rings. The van der Waals surface area contributed by atoms with Crippen LogP contribution in [0.5, 0.6) is 0 Å². The Hall–Kier alpha value is 3.93. The number of allylic oxidation sites excluding steroid dienone is 2. The van der Waals surface area contributed by atoms with Crippen molar-refractivity contribution in [3.05, 3.63) is 47.0 Å². The second kappa shape index (κ2) is 17.4. The first-order valence-corrected chi connectivity index (χ1v) is 10.9. The van der Waals surface area contributed by atoms with Gasteiger partial charge in [0.1, 0.15) is 0 Å². The molecule has 0 saturated carbocycles. The Labute approximate surface area is 294 Å². The minimum Gasteiger partial charge on any atom is -1.00 e. The monoisotopic (exact) mass is 496 g/mol. The van der Waals surface area contributed by atoms with Crippen LogP contribution in [0.3, 0.4) is 0 Å². The molecule has 0 aliphatic carbocycles. The Morgan fingerprint density at radius 1 is 1.26 bits per heavy atom. The number of unbranched alkanes of at least 4 members (excludes halogenated alkanes) is 1. The first-order chi connectivity index (χ1) is 11.0. The molecule has 3 N–H and O–H groups in total. The molecule has 0 heterocycles. The van der Waals surface area contributed by atoms with Gasteiger partial charge in [-0.25, -0.2) is 0 Å². The maximum absolute atomic E-state index is 11.1. The number of benzene rings is 1. The maximum atomic E-state index is 11.1. The average molecular weight is 497 g/mol. The zero-order valence-corrected chi connectivity index (χ0v) is 28.0. The van der Waals surface area contributed by atoms with Gasteiger partial charge in [0.15, 0.2) is 4.99 Å². The van der Waals surface area contributed by atoms with Gasteiger partial charge in [-0.3, -0.25) is 9.12 Å². The minimum absolute atomic E-state index is 0. The molecule has 1 rings (SSSR count). The van der Waals surface area contributed by atoms with Crippen molar-refractivity contribution in [3.63, 3.8) is 0 Å². The zero-order valence-electron chi connectivity index (χ0n) is 19.9. The van der Waals surface area contributed by atoms with Crippen LogP contribution >= 0.6 is 7.60 Å². The molecular weight excluding hydrogens is 469 g/mol. The Morgan fingerprint density at radius 3 is 2.33 bits per heavy atom. The molecular formula is C16H28K3O6PS. The predicted octanol–water partition coefficient (Wildman–Crippen LogP) is -5.21. The van der Waals surface area contributed by atoms with E-state index in [-0.39, 0.29) is 171 Å².